The standard InChI is InChI=1S/C12H21N3O/c1-7-5-9(7)8(2)15-10(16)6-12(3,4)14-11(15)13/h7-9H,5-6H2,1-4H3,(H2,13,14)/t7-,8-,9-/m1/s1. The molecule has 0 unspecified atom stereocenters. The molecule has 0 aromatic carbocycles. The van der Waals surface area contributed by atoms with Gasteiger partial charge in [0.05, 0.1) is 0 Å². The van der Waals surface area contributed by atoms with Crippen molar-refractivity contribution in [1.29, 1.82) is 5.41 Å². The Labute approximate surface area is 96.9 Å². The topological polar surface area (TPSA) is 56.2 Å². The Morgan fingerprint density at radius 3 is 2.56 bits per heavy atom. The molecule has 16 heavy (non-hydrogen) atoms. The normalized spacial score (nSPS) is 34.6. The second-order valence-corrected chi connectivity index (χ2v) is 5.92. The molecule has 1 saturated carbocycles. The number of nitrogens with zero attached hydrogens (tertiary/aromatic N) is 1. The number of nitrogens with one attached hydrogen (secondary N) is 2. The SMILES string of the molecule is C[C@@H]1C[C@H]1[C@@H](C)N1C(=N)NC(C)(C)CC1=O. The lowest BCUT2D eigenvalue weighted by Crippen LogP contribution is -2.62. The number of hydrogen-bond acceptors (Lipinski definition) is 2. The van der Waals surface area contributed by atoms with Gasteiger partial charge in [0, 0.05) is 18.0 Å². The molecule has 2 fully saturated rings. The van der Waals surface area contributed by atoms with Crippen molar-refractivity contribution in [3.63, 3.8) is 0 Å². The van der Waals surface area contributed by atoms with Gasteiger partial charge in [0.15, 0.2) is 5.96 Å². The molecule has 1 amide bonds. The molecule has 0 aromatic rings. The maximum Gasteiger partial charge on any atom is 0.231 e. The van der Waals surface area contributed by atoms with Crippen LogP contribution in [-0.4, -0.2) is 28.3 Å². The first-order chi connectivity index (χ1) is 7.32. The van der Waals surface area contributed by atoms with Crippen LogP contribution >= 0.6 is 0 Å². The van der Waals surface area contributed by atoms with Gasteiger partial charge in [-0.3, -0.25) is 15.1 Å². The summed E-state index contributed by atoms with van der Waals surface area (Å²) in [6, 6.07) is 0.165. The van der Waals surface area contributed by atoms with Crippen LogP contribution in [0.4, 0.5) is 0 Å². The van der Waals surface area contributed by atoms with Crippen LogP contribution in [0.25, 0.3) is 0 Å². The molecule has 0 bridgehead atoms. The molecule has 3 atom stereocenters. The fraction of sp³-hybridized carbons (Fsp3) is 0.833. The maximum absolute atomic E-state index is 12.0. The van der Waals surface area contributed by atoms with Crippen molar-refractivity contribution < 1.29 is 4.79 Å². The van der Waals surface area contributed by atoms with Gasteiger partial charge in [-0.15, -0.1) is 0 Å². The zero-order chi connectivity index (χ0) is 12.1. The van der Waals surface area contributed by atoms with Crippen LogP contribution in [0.3, 0.4) is 0 Å². The summed E-state index contributed by atoms with van der Waals surface area (Å²) >= 11 is 0. The molecule has 1 saturated heterocycles. The van der Waals surface area contributed by atoms with E-state index in [0.29, 0.717) is 18.3 Å². The minimum absolute atomic E-state index is 0.0837. The molecule has 1 heterocycles. The number of guanidine groups is 1. The first-order valence-electron chi connectivity index (χ1n) is 6.00. The quantitative estimate of drug-likeness (QED) is 0.746. The van der Waals surface area contributed by atoms with Gasteiger partial charge >= 0.3 is 0 Å². The average molecular weight is 223 g/mol. The third kappa shape index (κ3) is 1.93. The van der Waals surface area contributed by atoms with Crippen molar-refractivity contribution >= 4 is 11.9 Å². The molecule has 2 N–H and O–H groups in total. The maximum atomic E-state index is 12.0. The second-order valence-electron chi connectivity index (χ2n) is 5.92. The average Bonchev–Trinajstić information content (AvgIpc) is 2.78. The van der Waals surface area contributed by atoms with Gasteiger partial charge in [-0.05, 0) is 39.0 Å². The Bertz CT molecular complexity index is 317. The Morgan fingerprint density at radius 2 is 2.12 bits per heavy atom. The molecular formula is C12H21N3O. The van der Waals surface area contributed by atoms with Gasteiger partial charge in [-0.2, -0.15) is 0 Å². The van der Waals surface area contributed by atoms with Gasteiger partial charge in [-0.1, -0.05) is 6.92 Å². The summed E-state index contributed by atoms with van der Waals surface area (Å²) in [4.78, 5) is 13.7. The molecule has 90 valence electrons. The van der Waals surface area contributed by atoms with Crippen LogP contribution in [0, 0.1) is 17.2 Å². The number of amides is 1. The molecule has 1 aliphatic heterocycles. The summed E-state index contributed by atoms with van der Waals surface area (Å²) in [5.41, 5.74) is -0.278. The number of rotatable bonds is 2. The van der Waals surface area contributed by atoms with Crippen molar-refractivity contribution in [2.45, 2.75) is 52.1 Å². The number of hydrogen-bond donors (Lipinski definition) is 2. The summed E-state index contributed by atoms with van der Waals surface area (Å²) in [6.45, 7) is 8.18. The van der Waals surface area contributed by atoms with Gasteiger partial charge in [-0.25, -0.2) is 0 Å². The molecule has 4 heteroatoms. The van der Waals surface area contributed by atoms with Crippen LogP contribution in [0.5, 0.6) is 0 Å². The van der Waals surface area contributed by atoms with E-state index in [1.54, 1.807) is 4.90 Å². The monoisotopic (exact) mass is 223 g/mol. The van der Waals surface area contributed by atoms with E-state index in [9.17, 15) is 4.79 Å². The lowest BCUT2D eigenvalue weighted by atomic mass is 9.96. The minimum Gasteiger partial charge on any atom is -0.351 e. The number of carbonyl (C=O) groups excluding carboxylic acids is 1. The van der Waals surface area contributed by atoms with E-state index in [1.807, 2.05) is 13.8 Å². The van der Waals surface area contributed by atoms with E-state index >= 15 is 0 Å². The molecular weight excluding hydrogens is 202 g/mol. The third-order valence-corrected chi connectivity index (χ3v) is 3.76. The van der Waals surface area contributed by atoms with Crippen molar-refractivity contribution in [2.24, 2.45) is 11.8 Å². The van der Waals surface area contributed by atoms with Crippen LogP contribution in [-0.2, 0) is 4.79 Å². The van der Waals surface area contributed by atoms with E-state index in [2.05, 4.69) is 19.2 Å². The largest absolute Gasteiger partial charge is 0.351 e. The van der Waals surface area contributed by atoms with Gasteiger partial charge in [0.2, 0.25) is 5.91 Å². The first kappa shape index (κ1) is 11.4. The smallest absolute Gasteiger partial charge is 0.231 e. The summed E-state index contributed by atoms with van der Waals surface area (Å²) in [5, 5.41) is 11.0. The lowest BCUT2D eigenvalue weighted by Gasteiger charge is -2.41. The molecule has 2 aliphatic rings. The Morgan fingerprint density at radius 1 is 1.56 bits per heavy atom. The lowest BCUT2D eigenvalue weighted by molar-refractivity contribution is -0.132. The predicted octanol–water partition coefficient (Wildman–Crippen LogP) is 1.57. The Balaban J connectivity index is 2.10. The minimum atomic E-state index is -0.278. The zero-order valence-electron chi connectivity index (χ0n) is 10.5. The highest BCUT2D eigenvalue weighted by atomic mass is 16.2. The van der Waals surface area contributed by atoms with Crippen LogP contribution < -0.4 is 5.32 Å². The van der Waals surface area contributed by atoms with Crippen molar-refractivity contribution in [3.05, 3.63) is 0 Å². The highest BCUT2D eigenvalue weighted by Crippen LogP contribution is 2.43. The fourth-order valence-corrected chi connectivity index (χ4v) is 2.66. The second kappa shape index (κ2) is 3.47. The van der Waals surface area contributed by atoms with E-state index in [1.165, 1.54) is 6.42 Å². The van der Waals surface area contributed by atoms with E-state index in [-0.39, 0.29) is 23.4 Å². The van der Waals surface area contributed by atoms with Crippen molar-refractivity contribution in [2.75, 3.05) is 0 Å². The van der Waals surface area contributed by atoms with Crippen LogP contribution in [0.15, 0.2) is 0 Å². The summed E-state index contributed by atoms with van der Waals surface area (Å²) < 4.78 is 0. The van der Waals surface area contributed by atoms with Gasteiger partial charge in [0.25, 0.3) is 0 Å². The van der Waals surface area contributed by atoms with Gasteiger partial charge < -0.3 is 5.32 Å². The molecule has 2 rings (SSSR count). The van der Waals surface area contributed by atoms with Crippen molar-refractivity contribution in [1.82, 2.24) is 10.2 Å². The fourth-order valence-electron chi connectivity index (χ4n) is 2.66. The first-order valence-corrected chi connectivity index (χ1v) is 6.00. The molecule has 0 aromatic heterocycles. The van der Waals surface area contributed by atoms with Crippen LogP contribution in [0.1, 0.15) is 40.5 Å². The van der Waals surface area contributed by atoms with E-state index in [4.69, 9.17) is 5.41 Å². The summed E-state index contributed by atoms with van der Waals surface area (Å²) in [5.74, 6) is 1.63. The molecule has 0 spiro atoms. The Kier molecular flexibility index (Phi) is 2.48. The van der Waals surface area contributed by atoms with Crippen molar-refractivity contribution in [3.8, 4) is 0 Å². The molecule has 4 nitrogen and oxygen atoms in total. The summed E-state index contributed by atoms with van der Waals surface area (Å²) in [7, 11) is 0. The van der Waals surface area contributed by atoms with E-state index < -0.39 is 0 Å². The highest BCUT2D eigenvalue weighted by Gasteiger charge is 2.45. The number of carbonyl (C=O) groups is 1. The van der Waals surface area contributed by atoms with E-state index in [0.717, 1.165) is 0 Å². The Hall–Kier alpha value is -1.06. The van der Waals surface area contributed by atoms with Gasteiger partial charge in [0.1, 0.15) is 0 Å². The third-order valence-electron chi connectivity index (χ3n) is 3.76. The highest BCUT2D eigenvalue weighted by molar-refractivity contribution is 5.99. The zero-order valence-corrected chi connectivity index (χ0v) is 10.5. The molecule has 1 aliphatic carbocycles. The molecule has 0 radical (unpaired) electrons. The summed E-state index contributed by atoms with van der Waals surface area (Å²) in [6.07, 6.45) is 1.66. The predicted molar refractivity (Wildman–Crippen MR) is 63.1 cm³/mol. The van der Waals surface area contributed by atoms with Crippen LogP contribution in [0.2, 0.25) is 0 Å².